The molecule has 2 saturated heterocycles. The molecule has 0 aromatic rings. The maximum Gasteiger partial charge on any atom is 1.00 e. The van der Waals surface area contributed by atoms with E-state index in [2.05, 4.69) is 115 Å². The van der Waals surface area contributed by atoms with Gasteiger partial charge < -0.3 is 219 Å². The molecule has 139 heavy (non-hydrogen) atoms. The van der Waals surface area contributed by atoms with Crippen LogP contribution in [-0.4, -0.2) is 398 Å². The normalized spacial score (nSPS) is 13.1. The minimum atomic E-state index is -5.43. The van der Waals surface area contributed by atoms with E-state index in [0.717, 1.165) is 88.0 Å². The van der Waals surface area contributed by atoms with Crippen molar-refractivity contribution < 1.29 is 380 Å². The van der Waals surface area contributed by atoms with E-state index in [-0.39, 0.29) is 298 Å². The fourth-order valence-corrected chi connectivity index (χ4v) is 19.4. The number of amides is 5. The van der Waals surface area contributed by atoms with Crippen LogP contribution in [-0.2, 0) is 84.6 Å². The quantitative estimate of drug-likeness (QED) is 0.00257. The van der Waals surface area contributed by atoms with Crippen molar-refractivity contribution in [2.75, 3.05) is 183 Å². The van der Waals surface area contributed by atoms with E-state index in [4.69, 9.17) is 115 Å². The van der Waals surface area contributed by atoms with Crippen molar-refractivity contribution in [2.45, 2.75) is 229 Å². The number of hydrogen-bond donors (Lipinski definition) is 25. The predicted molar refractivity (Wildman–Crippen MR) is 505 cm³/mol. The van der Waals surface area contributed by atoms with Gasteiger partial charge in [-0.2, -0.15) is 5.06 Å². The van der Waals surface area contributed by atoms with Gasteiger partial charge in [0.2, 0.25) is 5.91 Å². The first-order chi connectivity index (χ1) is 58.2. The van der Waals surface area contributed by atoms with Gasteiger partial charge in [-0.1, -0.05) is 77.2 Å². The topological polar surface area (TPSA) is 833 Å². The van der Waals surface area contributed by atoms with Crippen LogP contribution in [0.15, 0.2) is 0 Å². The third kappa shape index (κ3) is 91.5. The molecule has 2 aliphatic rings. The Balaban J connectivity index is -0.0000000752. The molecule has 838 valence electrons. The number of quaternary nitrogens is 5. The molecule has 68 heteroatoms. The van der Waals surface area contributed by atoms with Crippen LogP contribution in [0.5, 0.6) is 0 Å². The summed E-state index contributed by atoms with van der Waals surface area (Å²) in [5.74, 6) is -3.38. The number of carboxylic acids is 1. The Bertz CT molecular complexity index is 3510. The van der Waals surface area contributed by atoms with Crippen molar-refractivity contribution >= 4 is 142 Å². The Morgan fingerprint density at radius 2 is 0.655 bits per heavy atom. The van der Waals surface area contributed by atoms with Gasteiger partial charge in [0.25, 0.3) is 50.4 Å². The molecule has 0 bridgehead atoms. The Kier molecular flexibility index (Phi) is 112. The summed E-state index contributed by atoms with van der Waals surface area (Å²) < 4.78 is 91.8. The van der Waals surface area contributed by atoms with Crippen LogP contribution in [0.2, 0.25) is 0 Å². The number of rotatable bonds is 50. The largest absolute Gasteiger partial charge is 1.00 e. The summed E-state index contributed by atoms with van der Waals surface area (Å²) in [6.07, 6.45) is 9.92. The summed E-state index contributed by atoms with van der Waals surface area (Å²) >= 11 is 3.42. The number of imide groups is 2. The Morgan fingerprint density at radius 3 is 0.871 bits per heavy atom. The van der Waals surface area contributed by atoms with Crippen molar-refractivity contribution in [3.8, 4) is 0 Å². The SMILES string of the molecule is Br.C.C.CCN(CC)CC.C[N+](C)(C)CCCC(=O)NCCCC(O)(P(=O)(O)O)P(=O)(O)O.C[N+](C)(C)CCCC(=O)O.C[N+](C)(C)CCCC(=O)ON1C(=O)CCC1=O.C[N+](C)(C)CCCCCBr.C[N+](C)(C)CCCCCCCCCC(O)(P(=O)(O)O)P(=O)(O)O.NCCCC(O)(P(=O)(O)O)P(=O)(O)O.NCCCC(O)(P(=O)(O)O)P(=O)(O)O.O=C1CCC(=O)N1O.O=CO[O-].[Br-].[Cl-].[Cl-].[Cl-].[H-].[K+].[K+]. The molecule has 2 fully saturated rings. The molecule has 0 saturated carbocycles. The number of halogens is 6. The standard InChI is InChI=1S/C13H31NO7P2.C11H26N2O8P2.C11H19N2O4.C8H19BrN.C7H15NO2.C6H15N.2C4H13NO7P2.C4H5NO3.CH2O3.2CH4.2BrH.3ClH.2K.H/c1-14(2,3)12-10-8-6-4-5-7-9-11-13(15,22(16,17)18)23(19,20)21;1-13(2,3)9-4-6-10(14)12-8-5-7-11(15,22(16,17)18)23(19,20)21;1-13(2,3)8-4-5-11(16)17-12-9(14)6-7-10(12)15;1-10(2,3)8-6-4-5-7-9;1-8(2,3)6-4-5-7(9)10;1-4-7(5-2)6-3;2*5-3-1-2-4(6,13(7,8)9)14(10,11)12;6-3-1-2-4(7)5(3)8;2-1-4-3;;;;;;;;;;/h15H,4-12H2,1-3H3,(H3-,16,17,18,19,20,21);15H,4-9H2,1-3H3,(H4-,12,14,16,17,18,19,20,21);4-8H2,1-3H3;4-8H2,1-3H3;4-6H2,1-3H3;4-6H2,1-3H3;2*6H,1-3,5H2,(H2,7,8,9)(H2,10,11,12);8H,1-2H2;1,3H;2*1H4;5*1H;;;/q;;2*+1;;;;;;;;;;;;;;2*+1;-1/p-2. The number of aliphatic hydroxyl groups is 4. The number of nitrogens with one attached hydrogen (secondary N) is 1. The van der Waals surface area contributed by atoms with E-state index >= 15 is 0 Å². The second kappa shape index (κ2) is 86.7. The first-order valence-electron chi connectivity index (χ1n) is 41.1. The van der Waals surface area contributed by atoms with Gasteiger partial charge in [0.1, 0.15) is 0 Å². The molecule has 27 N–H and O–H groups in total. The smallest absolute Gasteiger partial charge is 1.00 e. The van der Waals surface area contributed by atoms with Gasteiger partial charge in [0.15, 0.2) is 0 Å². The van der Waals surface area contributed by atoms with E-state index in [9.17, 15) is 90.5 Å². The summed E-state index contributed by atoms with van der Waals surface area (Å²) in [6.45, 7) is 14.8. The number of alkyl halides is 1. The molecule has 2 aliphatic heterocycles. The molecule has 0 aliphatic carbocycles. The number of aliphatic carboxylic acids is 1. The van der Waals surface area contributed by atoms with Gasteiger partial charge >= 0.3 is 175 Å². The minimum Gasteiger partial charge on any atom is -1.00 e. The fraction of sp³-hybridized carbons (Fsp3) is 0.887. The third-order valence-corrected chi connectivity index (χ3v) is 33.8. The van der Waals surface area contributed by atoms with Crippen LogP contribution < -0.4 is 179 Å². The molecule has 0 aromatic heterocycles. The zero-order chi connectivity index (χ0) is 105. The molecule has 5 amide bonds. The first-order valence-corrected chi connectivity index (χ1v) is 55.1. The van der Waals surface area contributed by atoms with Crippen LogP contribution >= 0.6 is 93.7 Å². The summed E-state index contributed by atoms with van der Waals surface area (Å²) in [4.78, 5) is 235. The molecular formula is C71H170Br3Cl3K2N11O41P8+. The van der Waals surface area contributed by atoms with Crippen LogP contribution in [0.1, 0.15) is 210 Å². The second-order valence-electron chi connectivity index (χ2n) is 34.9. The molecule has 0 atom stereocenters. The molecule has 0 spiro atoms. The summed E-state index contributed by atoms with van der Waals surface area (Å²) in [7, 11) is -11.3. The van der Waals surface area contributed by atoms with Crippen LogP contribution in [0.3, 0.4) is 0 Å². The second-order valence-corrected chi connectivity index (χ2v) is 51.7. The molecule has 0 unspecified atom stereocenters. The van der Waals surface area contributed by atoms with Crippen molar-refractivity contribution in [3.05, 3.63) is 0 Å². The van der Waals surface area contributed by atoms with Gasteiger partial charge in [-0.25, -0.2) is 4.79 Å². The van der Waals surface area contributed by atoms with E-state index in [1.54, 1.807) is 0 Å². The summed E-state index contributed by atoms with van der Waals surface area (Å²) in [5.41, 5.74) is 10.0. The van der Waals surface area contributed by atoms with Crippen LogP contribution in [0, 0.1) is 0 Å². The Morgan fingerprint density at radius 1 is 0.432 bits per heavy atom. The number of carboxylic acid groups (broad SMARTS) is 1. The van der Waals surface area contributed by atoms with Crippen molar-refractivity contribution in [3.63, 3.8) is 0 Å². The number of hydroxylamine groups is 4. The molecule has 2 rings (SSSR count). The molecule has 0 radical (unpaired) electrons. The van der Waals surface area contributed by atoms with Gasteiger partial charge in [0, 0.05) is 82.5 Å². The Labute approximate surface area is 955 Å². The number of carbonyl (C=O) groups is 8. The average Bonchev–Trinajstić information content (AvgIpc) is 1.03. The number of carbonyl (C=O) groups excluding carboxylic acids is 7. The van der Waals surface area contributed by atoms with E-state index in [1.165, 1.54) is 45.4 Å². The minimum absolute atomic E-state index is 0. The molecule has 2 heterocycles. The van der Waals surface area contributed by atoms with Gasteiger partial charge in [-0.15, -0.1) is 22.0 Å². The average molecular weight is 2510 g/mol. The number of nitrogens with zero attached hydrogens (tertiary/aromatic N) is 8. The summed E-state index contributed by atoms with van der Waals surface area (Å²) in [5, 5.41) is 54.0. The van der Waals surface area contributed by atoms with E-state index < -0.39 is 142 Å². The summed E-state index contributed by atoms with van der Waals surface area (Å²) in [6, 6.07) is 0. The van der Waals surface area contributed by atoms with Crippen LogP contribution in [0.4, 0.5) is 0 Å². The number of unbranched alkanes of at least 4 members (excludes halogenated alkanes) is 8. The fourth-order valence-electron chi connectivity index (χ4n) is 10.0. The number of hydrogen-bond acceptors (Lipinski definition) is 27. The number of nitrogens with two attached hydrogens (primary N) is 2. The van der Waals surface area contributed by atoms with Crippen molar-refractivity contribution in [2.24, 2.45) is 11.5 Å². The van der Waals surface area contributed by atoms with Gasteiger partial charge in [0.05, 0.1) is 151 Å². The van der Waals surface area contributed by atoms with E-state index in [0.29, 0.717) is 28.8 Å². The van der Waals surface area contributed by atoms with Crippen molar-refractivity contribution in [1.29, 1.82) is 0 Å². The maximum atomic E-state index is 11.6. The van der Waals surface area contributed by atoms with Gasteiger partial charge in [-0.05, 0) is 96.9 Å². The zero-order valence-electron chi connectivity index (χ0n) is 83.4. The Hall–Kier alpha value is 2.38. The predicted octanol–water partition coefficient (Wildman–Crippen LogP) is -15.2. The van der Waals surface area contributed by atoms with Crippen LogP contribution in [0.25, 0.3) is 0 Å². The van der Waals surface area contributed by atoms with Crippen molar-refractivity contribution in [1.82, 2.24) is 20.3 Å². The third-order valence-electron chi connectivity index (χ3n) is 17.7. The maximum absolute atomic E-state index is 11.6. The monoisotopic (exact) mass is 2500 g/mol. The molecular weight excluding hydrogens is 2330 g/mol. The van der Waals surface area contributed by atoms with Gasteiger partial charge in [-0.3, -0.25) is 75.3 Å². The van der Waals surface area contributed by atoms with E-state index in [1.807, 2.05) is 42.3 Å². The zero-order valence-corrected chi connectivity index (χ0v) is 103. The molecule has 52 nitrogen and oxygen atoms in total. The first kappa shape index (κ1) is 180. The molecule has 0 aromatic carbocycles.